The summed E-state index contributed by atoms with van der Waals surface area (Å²) in [6, 6.07) is 4.26. The number of aliphatic imine (C=N–C) groups is 6. The summed E-state index contributed by atoms with van der Waals surface area (Å²) in [5.74, 6) is 2.18. The van der Waals surface area contributed by atoms with E-state index in [1.54, 1.807) is 0 Å². The lowest BCUT2D eigenvalue weighted by atomic mass is 10.0. The van der Waals surface area contributed by atoms with E-state index in [4.69, 9.17) is 30.0 Å². The first-order valence-corrected chi connectivity index (χ1v) is 29.5. The van der Waals surface area contributed by atoms with Gasteiger partial charge in [-0.2, -0.15) is 15.0 Å². The van der Waals surface area contributed by atoms with Gasteiger partial charge in [-0.3, -0.25) is 30.9 Å². The SMILES string of the molecule is CCCN=C(N=C(NC(=O)N(C(C)C)C(C)C)N(C(C)C)C(C)C)c1cc(C(=NCCC)N=C(NC(=O)N(C(C)C)C(C)C)N(C(C)C)C(C)C)cc(C(=NCCC)N=C(NC(=O)N(C(C)C)C(C)C)N(C(C)C)C(C)C)c1. The summed E-state index contributed by atoms with van der Waals surface area (Å²) < 4.78 is 0. The van der Waals surface area contributed by atoms with Crippen LogP contribution in [0.3, 0.4) is 0 Å². The van der Waals surface area contributed by atoms with Crippen LogP contribution in [0.2, 0.25) is 0 Å². The maximum absolute atomic E-state index is 14.4. The van der Waals surface area contributed by atoms with Crippen molar-refractivity contribution in [3.05, 3.63) is 34.9 Å². The van der Waals surface area contributed by atoms with Crippen LogP contribution in [0, 0.1) is 0 Å². The number of guanidine groups is 3. The zero-order chi connectivity index (χ0) is 60.0. The molecule has 0 aliphatic heterocycles. The Bertz CT molecular complexity index is 1910. The first-order chi connectivity index (χ1) is 36.3. The molecule has 444 valence electrons. The number of hydrogen-bond donors (Lipinski definition) is 3. The second-order valence-electron chi connectivity index (χ2n) is 23.6. The van der Waals surface area contributed by atoms with Crippen molar-refractivity contribution < 1.29 is 14.4 Å². The maximum Gasteiger partial charge on any atom is 0.324 e. The number of carbonyl (C=O) groups is 3. The molecule has 0 fully saturated rings. The van der Waals surface area contributed by atoms with Crippen LogP contribution in [0.1, 0.15) is 223 Å². The van der Waals surface area contributed by atoms with E-state index in [0.717, 1.165) is 19.3 Å². The van der Waals surface area contributed by atoms with E-state index >= 15 is 0 Å². The fourth-order valence-electron chi connectivity index (χ4n) is 9.93. The molecule has 1 aromatic carbocycles. The van der Waals surface area contributed by atoms with Crippen molar-refractivity contribution in [3.8, 4) is 0 Å². The predicted molar refractivity (Wildman–Crippen MR) is 332 cm³/mol. The van der Waals surface area contributed by atoms with Crippen LogP contribution in [0.5, 0.6) is 0 Å². The summed E-state index contributed by atoms with van der Waals surface area (Å²) in [5.41, 5.74) is 1.79. The highest BCUT2D eigenvalue weighted by molar-refractivity contribution is 6.16. The molecule has 1 rings (SSSR count). The largest absolute Gasteiger partial charge is 0.337 e. The number of rotatable bonds is 21. The van der Waals surface area contributed by atoms with Gasteiger partial charge in [0, 0.05) is 109 Å². The van der Waals surface area contributed by atoms with E-state index in [2.05, 4.69) is 135 Å². The number of nitrogens with one attached hydrogen (secondary N) is 3. The number of benzene rings is 1. The van der Waals surface area contributed by atoms with E-state index in [1.165, 1.54) is 0 Å². The predicted octanol–water partition coefficient (Wildman–Crippen LogP) is 12.1. The van der Waals surface area contributed by atoms with Crippen molar-refractivity contribution in [2.45, 2.75) is 279 Å². The molecule has 0 radical (unpaired) electrons. The van der Waals surface area contributed by atoms with Gasteiger partial charge in [0.25, 0.3) is 0 Å². The minimum absolute atomic E-state index is 0.0595. The molecule has 0 aromatic heterocycles. The van der Waals surface area contributed by atoms with Gasteiger partial charge in [-0.25, -0.2) is 14.4 Å². The van der Waals surface area contributed by atoms with Crippen LogP contribution in [-0.2, 0) is 0 Å². The van der Waals surface area contributed by atoms with Crippen LogP contribution >= 0.6 is 0 Å². The molecular formula is C60H111N15O3. The molecule has 0 aliphatic carbocycles. The van der Waals surface area contributed by atoms with Gasteiger partial charge in [-0.1, -0.05) is 20.8 Å². The molecule has 1 aromatic rings. The van der Waals surface area contributed by atoms with Gasteiger partial charge in [0.2, 0.25) is 17.9 Å². The molecule has 0 saturated heterocycles. The smallest absolute Gasteiger partial charge is 0.324 e. The van der Waals surface area contributed by atoms with Crippen molar-refractivity contribution >= 4 is 53.5 Å². The van der Waals surface area contributed by atoms with Gasteiger partial charge in [-0.05, 0) is 204 Å². The number of nitrogens with zero attached hydrogens (tertiary/aromatic N) is 12. The summed E-state index contributed by atoms with van der Waals surface area (Å²) in [7, 11) is 0. The number of hydrogen-bond acceptors (Lipinski definition) is 6. The molecule has 18 nitrogen and oxygen atoms in total. The van der Waals surface area contributed by atoms with Crippen LogP contribution in [0.25, 0.3) is 0 Å². The van der Waals surface area contributed by atoms with Gasteiger partial charge >= 0.3 is 18.1 Å². The average Bonchev–Trinajstić information content (AvgIpc) is 3.28. The normalized spacial score (nSPS) is 13.6. The summed E-state index contributed by atoms with van der Waals surface area (Å²) >= 11 is 0. The van der Waals surface area contributed by atoms with Crippen LogP contribution in [-0.4, -0.2) is 175 Å². The Morgan fingerprint density at radius 2 is 0.487 bits per heavy atom. The van der Waals surface area contributed by atoms with Gasteiger partial charge in [0.05, 0.1) is 0 Å². The molecule has 0 atom stereocenters. The first kappa shape index (κ1) is 70.5. The lowest BCUT2D eigenvalue weighted by Gasteiger charge is -2.36. The standard InChI is InChI=1S/C60H111N15O3/c1-28-31-61-52(64-55(70(37(4)5)38(6)7)67-58(76)73(43(16)17)44(18)19)49-34-50(53(62-32-29-2)65-56(71(39(8)9)40(10)11)68-59(77)74(45(20)21)46(22)23)36-51(35-49)54(63-33-30-3)66-57(72(41(12)13)42(14)15)69-60(78)75(47(24)25)48(26)27/h34-48H,28-33H2,1-27H3,(H,61,64,67,76)(H,62,65,68,77)(H,63,66,69,78). The highest BCUT2D eigenvalue weighted by atomic mass is 16.2. The van der Waals surface area contributed by atoms with Crippen molar-refractivity contribution in [3.63, 3.8) is 0 Å². The van der Waals surface area contributed by atoms with Gasteiger partial charge in [0.15, 0.2) is 17.5 Å². The van der Waals surface area contributed by atoms with E-state index in [-0.39, 0.29) is 90.6 Å². The van der Waals surface area contributed by atoms with Gasteiger partial charge in [-0.15, -0.1) is 0 Å². The molecule has 0 saturated carbocycles. The summed E-state index contributed by atoms with van der Waals surface area (Å²) in [6.07, 6.45) is 2.17. The summed E-state index contributed by atoms with van der Waals surface area (Å²) in [6.45, 7) is 56.6. The molecule has 6 amide bonds. The third-order valence-electron chi connectivity index (χ3n) is 12.6. The second kappa shape index (κ2) is 33.8. The summed E-state index contributed by atoms with van der Waals surface area (Å²) in [4.78, 5) is 86.8. The van der Waals surface area contributed by atoms with Crippen LogP contribution < -0.4 is 16.0 Å². The first-order valence-electron chi connectivity index (χ1n) is 29.5. The van der Waals surface area contributed by atoms with E-state index in [0.29, 0.717) is 71.7 Å². The Kier molecular flexibility index (Phi) is 30.5. The van der Waals surface area contributed by atoms with Crippen molar-refractivity contribution in [2.24, 2.45) is 30.0 Å². The molecule has 18 heteroatoms. The minimum atomic E-state index is -0.271. The molecule has 0 heterocycles. The van der Waals surface area contributed by atoms with Crippen molar-refractivity contribution in [1.82, 2.24) is 45.3 Å². The molecule has 0 aliphatic rings. The van der Waals surface area contributed by atoms with E-state index < -0.39 is 0 Å². The lowest BCUT2D eigenvalue weighted by Crippen LogP contribution is -2.56. The average molecular weight is 1090 g/mol. The Balaban J connectivity index is 5.19. The monoisotopic (exact) mass is 1090 g/mol. The lowest BCUT2D eigenvalue weighted by molar-refractivity contribution is 0.166. The minimum Gasteiger partial charge on any atom is -0.337 e. The number of carbonyl (C=O) groups excluding carboxylic acids is 3. The third-order valence-corrected chi connectivity index (χ3v) is 12.6. The van der Waals surface area contributed by atoms with E-state index in [1.807, 2.05) is 116 Å². The Labute approximate surface area is 474 Å². The fraction of sp³-hybridized carbons (Fsp3) is 0.750. The van der Waals surface area contributed by atoms with Crippen molar-refractivity contribution in [1.29, 1.82) is 0 Å². The fourth-order valence-corrected chi connectivity index (χ4v) is 9.93. The van der Waals surface area contributed by atoms with Gasteiger partial charge in [0.1, 0.15) is 0 Å². The number of urea groups is 3. The molecular weight excluding hydrogens is 979 g/mol. The third kappa shape index (κ3) is 21.3. The molecule has 0 spiro atoms. The topological polar surface area (TPSA) is 181 Å². The molecule has 0 bridgehead atoms. The Hall–Kier alpha value is -5.55. The zero-order valence-electron chi connectivity index (χ0n) is 54.0. The second-order valence-corrected chi connectivity index (χ2v) is 23.6. The molecule has 0 unspecified atom stereocenters. The quantitative estimate of drug-likeness (QED) is 0.0814. The molecule has 78 heavy (non-hydrogen) atoms. The van der Waals surface area contributed by atoms with Crippen LogP contribution in [0.15, 0.2) is 48.2 Å². The highest BCUT2D eigenvalue weighted by Crippen LogP contribution is 2.21. The van der Waals surface area contributed by atoms with Gasteiger partial charge < -0.3 is 29.4 Å². The van der Waals surface area contributed by atoms with E-state index in [9.17, 15) is 14.4 Å². The molecule has 3 N–H and O–H groups in total. The number of amides is 6. The van der Waals surface area contributed by atoms with Crippen LogP contribution in [0.4, 0.5) is 14.4 Å². The maximum atomic E-state index is 14.4. The summed E-state index contributed by atoms with van der Waals surface area (Å²) in [5, 5.41) is 9.74. The number of amidine groups is 3. The Morgan fingerprint density at radius 3 is 0.628 bits per heavy atom. The Morgan fingerprint density at radius 1 is 0.321 bits per heavy atom. The zero-order valence-corrected chi connectivity index (χ0v) is 54.0. The highest BCUT2D eigenvalue weighted by Gasteiger charge is 2.31. The van der Waals surface area contributed by atoms with Crippen molar-refractivity contribution in [2.75, 3.05) is 19.6 Å².